The van der Waals surface area contributed by atoms with Crippen molar-refractivity contribution in [1.29, 1.82) is 0 Å². The number of carbonyl (C=O) groups is 1. The van der Waals surface area contributed by atoms with Gasteiger partial charge in [-0.05, 0) is 34.1 Å². The van der Waals surface area contributed by atoms with Crippen LogP contribution in [0.4, 0.5) is 0 Å². The number of aromatic nitrogens is 1. The predicted octanol–water partition coefficient (Wildman–Crippen LogP) is 4.95. The Morgan fingerprint density at radius 2 is 1.95 bits per heavy atom. The summed E-state index contributed by atoms with van der Waals surface area (Å²) in [6.45, 7) is 5.91. The summed E-state index contributed by atoms with van der Waals surface area (Å²) in [5.41, 5.74) is 1.02. The van der Waals surface area contributed by atoms with Crippen LogP contribution in [-0.2, 0) is 10.2 Å². The quantitative estimate of drug-likeness (QED) is 0.649. The zero-order valence-corrected chi connectivity index (χ0v) is 15.3. The van der Waals surface area contributed by atoms with E-state index in [9.17, 15) is 4.79 Å². The van der Waals surface area contributed by atoms with E-state index in [1.54, 1.807) is 0 Å². The van der Waals surface area contributed by atoms with Crippen molar-refractivity contribution in [1.82, 2.24) is 4.98 Å². The number of methoxy groups -OCH3 is 1. The summed E-state index contributed by atoms with van der Waals surface area (Å²) in [5.74, 6) is 0.00479. The van der Waals surface area contributed by atoms with Crippen molar-refractivity contribution >= 4 is 37.8 Å². The molecule has 1 aromatic heterocycles. The number of hydrogen-bond acceptors (Lipinski definition) is 4. The number of hydrogen-bond donors (Lipinski definition) is 0. The molecule has 2 rings (SSSR count). The van der Waals surface area contributed by atoms with Gasteiger partial charge in [0, 0.05) is 14.4 Å². The van der Waals surface area contributed by atoms with Crippen LogP contribution >= 0.6 is 31.9 Å². The Hall–Kier alpha value is -1.14. The Balaban J connectivity index is 2.64. The van der Waals surface area contributed by atoms with Gasteiger partial charge in [0.05, 0.1) is 12.7 Å². The second kappa shape index (κ2) is 5.93. The molecule has 1 heterocycles. The minimum Gasteiger partial charge on any atom is -0.463 e. The fourth-order valence-electron chi connectivity index (χ4n) is 1.84. The predicted molar refractivity (Wildman–Crippen MR) is 87.4 cm³/mol. The van der Waals surface area contributed by atoms with E-state index in [4.69, 9.17) is 9.15 Å². The molecule has 1 aromatic carbocycles. The lowest BCUT2D eigenvalue weighted by atomic mass is 9.91. The van der Waals surface area contributed by atoms with Gasteiger partial charge in [-0.3, -0.25) is 0 Å². The third-order valence-corrected chi connectivity index (χ3v) is 4.05. The minimum absolute atomic E-state index is 0.145. The molecule has 2 aromatic rings. The molecule has 0 bridgehead atoms. The molecule has 112 valence electrons. The van der Waals surface area contributed by atoms with Gasteiger partial charge in [-0.1, -0.05) is 36.7 Å². The SMILES string of the molecule is COC(=O)c1oc(-c2cc(Br)ccc2Br)nc1C(C)(C)C. The topological polar surface area (TPSA) is 52.3 Å². The van der Waals surface area contributed by atoms with Crippen molar-refractivity contribution in [3.8, 4) is 11.5 Å². The highest BCUT2D eigenvalue weighted by Gasteiger charge is 2.30. The normalized spacial score (nSPS) is 11.5. The first kappa shape index (κ1) is 16.2. The second-order valence-electron chi connectivity index (χ2n) is 5.56. The number of esters is 1. The summed E-state index contributed by atoms with van der Waals surface area (Å²) in [7, 11) is 1.33. The second-order valence-corrected chi connectivity index (χ2v) is 7.33. The molecule has 0 spiro atoms. The molecule has 0 aliphatic heterocycles. The summed E-state index contributed by atoms with van der Waals surface area (Å²) in [5, 5.41) is 0. The number of carbonyl (C=O) groups excluding carboxylic acids is 1. The summed E-state index contributed by atoms with van der Waals surface area (Å²) in [4.78, 5) is 16.4. The van der Waals surface area contributed by atoms with E-state index >= 15 is 0 Å². The number of rotatable bonds is 2. The molecule has 0 fully saturated rings. The first-order chi connectivity index (χ1) is 9.74. The third-order valence-electron chi connectivity index (χ3n) is 2.87. The molecule has 0 saturated carbocycles. The van der Waals surface area contributed by atoms with Crippen LogP contribution < -0.4 is 0 Å². The van der Waals surface area contributed by atoms with Crippen molar-refractivity contribution in [3.63, 3.8) is 0 Å². The standard InChI is InChI=1S/C15H15Br2NO3/c1-15(2,3)12-11(14(19)20-4)21-13(18-12)9-7-8(16)5-6-10(9)17/h5-7H,1-4H3. The van der Waals surface area contributed by atoms with E-state index in [0.29, 0.717) is 11.6 Å². The number of oxazole rings is 1. The van der Waals surface area contributed by atoms with Crippen molar-refractivity contribution < 1.29 is 13.9 Å². The molecule has 0 aliphatic rings. The first-order valence-electron chi connectivity index (χ1n) is 6.29. The lowest BCUT2D eigenvalue weighted by Gasteiger charge is -2.15. The van der Waals surface area contributed by atoms with Crippen molar-refractivity contribution in [2.45, 2.75) is 26.2 Å². The zero-order chi connectivity index (χ0) is 15.8. The fraction of sp³-hybridized carbons (Fsp3) is 0.333. The molecule has 0 radical (unpaired) electrons. The molecule has 4 nitrogen and oxygen atoms in total. The molecule has 0 atom stereocenters. The highest BCUT2D eigenvalue weighted by atomic mass is 79.9. The lowest BCUT2D eigenvalue weighted by molar-refractivity contribution is 0.0562. The molecule has 0 amide bonds. The molecule has 0 aliphatic carbocycles. The maximum absolute atomic E-state index is 11.9. The van der Waals surface area contributed by atoms with Crippen LogP contribution in [0, 0.1) is 0 Å². The third kappa shape index (κ3) is 3.37. The van der Waals surface area contributed by atoms with Crippen molar-refractivity contribution in [2.75, 3.05) is 7.11 Å². The van der Waals surface area contributed by atoms with E-state index in [-0.39, 0.29) is 11.2 Å². The molecular weight excluding hydrogens is 402 g/mol. The highest BCUT2D eigenvalue weighted by Crippen LogP contribution is 2.35. The van der Waals surface area contributed by atoms with Crippen LogP contribution in [0.15, 0.2) is 31.6 Å². The molecular formula is C15H15Br2NO3. The monoisotopic (exact) mass is 415 g/mol. The average molecular weight is 417 g/mol. The summed E-state index contributed by atoms with van der Waals surface area (Å²) >= 11 is 6.89. The van der Waals surface area contributed by atoms with E-state index in [0.717, 1.165) is 14.5 Å². The highest BCUT2D eigenvalue weighted by molar-refractivity contribution is 9.11. The van der Waals surface area contributed by atoms with Gasteiger partial charge in [-0.15, -0.1) is 0 Å². The number of nitrogens with zero attached hydrogens (tertiary/aromatic N) is 1. The summed E-state index contributed by atoms with van der Waals surface area (Å²) < 4.78 is 12.2. The Labute approximate surface area is 140 Å². The van der Waals surface area contributed by atoms with E-state index in [1.807, 2.05) is 39.0 Å². The van der Waals surface area contributed by atoms with Crippen LogP contribution in [-0.4, -0.2) is 18.1 Å². The molecule has 0 N–H and O–H groups in total. The Morgan fingerprint density at radius 1 is 1.29 bits per heavy atom. The fourth-order valence-corrected chi connectivity index (χ4v) is 2.61. The minimum atomic E-state index is -0.523. The van der Waals surface area contributed by atoms with Gasteiger partial charge in [0.2, 0.25) is 11.7 Å². The average Bonchev–Trinajstić information content (AvgIpc) is 2.85. The maximum atomic E-state index is 11.9. The van der Waals surface area contributed by atoms with E-state index < -0.39 is 5.97 Å². The van der Waals surface area contributed by atoms with Gasteiger partial charge in [-0.2, -0.15) is 0 Å². The van der Waals surface area contributed by atoms with Crippen LogP contribution in [0.1, 0.15) is 37.0 Å². The molecule has 6 heteroatoms. The largest absolute Gasteiger partial charge is 0.463 e. The van der Waals surface area contributed by atoms with Crippen molar-refractivity contribution in [3.05, 3.63) is 38.6 Å². The van der Waals surface area contributed by atoms with Gasteiger partial charge in [0.1, 0.15) is 5.69 Å². The smallest absolute Gasteiger partial charge is 0.376 e. The molecule has 21 heavy (non-hydrogen) atoms. The Morgan fingerprint density at radius 3 is 2.52 bits per heavy atom. The number of ether oxygens (including phenoxy) is 1. The van der Waals surface area contributed by atoms with Gasteiger partial charge in [-0.25, -0.2) is 9.78 Å². The first-order valence-corrected chi connectivity index (χ1v) is 7.87. The number of halogens is 2. The zero-order valence-electron chi connectivity index (χ0n) is 12.2. The summed E-state index contributed by atoms with van der Waals surface area (Å²) in [6, 6.07) is 5.67. The van der Waals surface area contributed by atoms with Gasteiger partial charge >= 0.3 is 5.97 Å². The van der Waals surface area contributed by atoms with Gasteiger partial charge in [0.25, 0.3) is 0 Å². The lowest BCUT2D eigenvalue weighted by Crippen LogP contribution is -2.17. The summed E-state index contributed by atoms with van der Waals surface area (Å²) in [6.07, 6.45) is 0. The van der Waals surface area contributed by atoms with Crippen LogP contribution in [0.25, 0.3) is 11.5 Å². The van der Waals surface area contributed by atoms with E-state index in [2.05, 4.69) is 36.8 Å². The van der Waals surface area contributed by atoms with E-state index in [1.165, 1.54) is 7.11 Å². The van der Waals surface area contributed by atoms with Crippen molar-refractivity contribution in [2.24, 2.45) is 0 Å². The van der Waals surface area contributed by atoms with Gasteiger partial charge < -0.3 is 9.15 Å². The number of benzene rings is 1. The van der Waals surface area contributed by atoms with Gasteiger partial charge in [0.15, 0.2) is 0 Å². The van der Waals surface area contributed by atoms with Crippen LogP contribution in [0.5, 0.6) is 0 Å². The van der Waals surface area contributed by atoms with Crippen LogP contribution in [0.2, 0.25) is 0 Å². The maximum Gasteiger partial charge on any atom is 0.376 e. The molecule has 0 saturated heterocycles. The Bertz CT molecular complexity index is 687. The Kier molecular flexibility index (Phi) is 4.58. The van der Waals surface area contributed by atoms with Crippen LogP contribution in [0.3, 0.4) is 0 Å². The molecule has 0 unspecified atom stereocenters.